The monoisotopic (exact) mass is 197 g/mol. The third kappa shape index (κ3) is 2.18. The normalized spacial score (nSPS) is 15.8. The van der Waals surface area contributed by atoms with Gasteiger partial charge in [0, 0.05) is 24.0 Å². The molecule has 0 fully saturated rings. The Labute approximate surface area is 79.7 Å². The third-order valence-corrected chi connectivity index (χ3v) is 2.65. The van der Waals surface area contributed by atoms with Crippen LogP contribution in [0.1, 0.15) is 18.5 Å². The molecule has 1 aliphatic heterocycles. The number of H-pyrrole nitrogens is 1. The van der Waals surface area contributed by atoms with Crippen molar-refractivity contribution in [3.05, 3.63) is 20.7 Å². The molecule has 4 nitrogen and oxygen atoms in total. The summed E-state index contributed by atoms with van der Waals surface area (Å²) < 4.78 is 0. The molecule has 2 rings (SSSR count). The van der Waals surface area contributed by atoms with Crippen LogP contribution in [0.4, 0.5) is 0 Å². The van der Waals surface area contributed by atoms with E-state index in [1.165, 1.54) is 11.3 Å². The molecule has 0 amide bonds. The number of aromatic nitrogens is 1. The first-order valence-electron chi connectivity index (χ1n) is 4.28. The summed E-state index contributed by atoms with van der Waals surface area (Å²) in [6.45, 7) is 1.61. The lowest BCUT2D eigenvalue weighted by atomic mass is 10.3. The van der Waals surface area contributed by atoms with E-state index in [-0.39, 0.29) is 4.87 Å². The van der Waals surface area contributed by atoms with Gasteiger partial charge in [-0.3, -0.25) is 9.79 Å². The molecule has 5 heteroatoms. The maximum atomic E-state index is 10.8. The third-order valence-electron chi connectivity index (χ3n) is 1.93. The predicted octanol–water partition coefficient (Wildman–Crippen LogP) is 0.718. The highest BCUT2D eigenvalue weighted by atomic mass is 32.1. The van der Waals surface area contributed by atoms with Crippen LogP contribution in [-0.4, -0.2) is 17.4 Å². The summed E-state index contributed by atoms with van der Waals surface area (Å²) in [5, 5.41) is 5.04. The first-order chi connectivity index (χ1) is 6.34. The lowest BCUT2D eigenvalue weighted by molar-refractivity contribution is 0.861. The molecule has 1 aromatic heterocycles. The Balaban J connectivity index is 1.89. The SMILES string of the molecule is O=c1[nH]c(CNC2=NCCC2)cs1. The molecule has 0 spiro atoms. The van der Waals surface area contributed by atoms with Gasteiger partial charge in [0.2, 0.25) is 0 Å². The molecule has 13 heavy (non-hydrogen) atoms. The zero-order chi connectivity index (χ0) is 9.10. The van der Waals surface area contributed by atoms with E-state index in [2.05, 4.69) is 15.3 Å². The lowest BCUT2D eigenvalue weighted by Gasteiger charge is -2.02. The van der Waals surface area contributed by atoms with Crippen molar-refractivity contribution in [3.63, 3.8) is 0 Å². The minimum absolute atomic E-state index is 0.00478. The molecule has 1 aliphatic rings. The summed E-state index contributed by atoms with van der Waals surface area (Å²) in [7, 11) is 0. The van der Waals surface area contributed by atoms with Crippen molar-refractivity contribution in [1.29, 1.82) is 0 Å². The van der Waals surface area contributed by atoms with Gasteiger partial charge < -0.3 is 10.3 Å². The van der Waals surface area contributed by atoms with Crippen molar-refractivity contribution in [3.8, 4) is 0 Å². The number of thiazole rings is 1. The van der Waals surface area contributed by atoms with E-state index in [9.17, 15) is 4.79 Å². The van der Waals surface area contributed by atoms with Crippen LogP contribution in [0.25, 0.3) is 0 Å². The molecule has 0 saturated carbocycles. The van der Waals surface area contributed by atoms with Gasteiger partial charge in [0.1, 0.15) is 0 Å². The summed E-state index contributed by atoms with van der Waals surface area (Å²) >= 11 is 1.20. The quantitative estimate of drug-likeness (QED) is 0.734. The number of aliphatic imine (C=N–C) groups is 1. The van der Waals surface area contributed by atoms with Gasteiger partial charge >= 0.3 is 4.87 Å². The molecule has 70 valence electrons. The number of hydrogen-bond acceptors (Lipinski definition) is 4. The molecule has 1 aromatic rings. The van der Waals surface area contributed by atoms with E-state index in [0.717, 1.165) is 30.9 Å². The first-order valence-corrected chi connectivity index (χ1v) is 5.16. The first kappa shape index (κ1) is 8.50. The number of nitrogens with zero attached hydrogens (tertiary/aromatic N) is 1. The summed E-state index contributed by atoms with van der Waals surface area (Å²) in [5.41, 5.74) is 0.935. The largest absolute Gasteiger partial charge is 0.368 e. The van der Waals surface area contributed by atoms with Crippen LogP contribution in [0.2, 0.25) is 0 Å². The molecule has 0 unspecified atom stereocenters. The summed E-state index contributed by atoms with van der Waals surface area (Å²) in [6.07, 6.45) is 2.18. The van der Waals surface area contributed by atoms with Crippen LogP contribution in [0, 0.1) is 0 Å². The van der Waals surface area contributed by atoms with Crippen LogP contribution >= 0.6 is 11.3 Å². The average Bonchev–Trinajstić information content (AvgIpc) is 2.71. The van der Waals surface area contributed by atoms with E-state index in [0.29, 0.717) is 6.54 Å². The lowest BCUT2D eigenvalue weighted by Crippen LogP contribution is -2.21. The number of nitrogens with one attached hydrogen (secondary N) is 2. The van der Waals surface area contributed by atoms with Gasteiger partial charge in [-0.15, -0.1) is 0 Å². The second-order valence-electron chi connectivity index (χ2n) is 2.96. The van der Waals surface area contributed by atoms with E-state index < -0.39 is 0 Å². The summed E-state index contributed by atoms with van der Waals surface area (Å²) in [6, 6.07) is 0. The Bertz CT molecular complexity index is 365. The van der Waals surface area contributed by atoms with Gasteiger partial charge in [-0.25, -0.2) is 0 Å². The van der Waals surface area contributed by atoms with Gasteiger partial charge in [0.25, 0.3) is 0 Å². The Kier molecular flexibility index (Phi) is 2.44. The number of hydrogen-bond donors (Lipinski definition) is 2. The molecule has 0 radical (unpaired) electrons. The Morgan fingerprint density at radius 3 is 3.23 bits per heavy atom. The van der Waals surface area contributed by atoms with Crippen LogP contribution in [-0.2, 0) is 6.54 Å². The zero-order valence-corrected chi connectivity index (χ0v) is 7.99. The van der Waals surface area contributed by atoms with Crippen molar-refractivity contribution in [2.45, 2.75) is 19.4 Å². The van der Waals surface area contributed by atoms with Crippen molar-refractivity contribution >= 4 is 17.2 Å². The minimum atomic E-state index is 0.00478. The van der Waals surface area contributed by atoms with Crippen LogP contribution < -0.4 is 10.2 Å². The van der Waals surface area contributed by atoms with E-state index in [4.69, 9.17) is 0 Å². The predicted molar refractivity (Wildman–Crippen MR) is 53.3 cm³/mol. The number of rotatable bonds is 2. The molecule has 0 aromatic carbocycles. The topological polar surface area (TPSA) is 57.2 Å². The van der Waals surface area contributed by atoms with Gasteiger partial charge in [0.05, 0.1) is 12.4 Å². The highest BCUT2D eigenvalue weighted by Gasteiger charge is 2.05. The molecule has 2 heterocycles. The van der Waals surface area contributed by atoms with Crippen molar-refractivity contribution in [2.75, 3.05) is 6.54 Å². The second kappa shape index (κ2) is 3.74. The van der Waals surface area contributed by atoms with E-state index in [1.54, 1.807) is 0 Å². The maximum Gasteiger partial charge on any atom is 0.304 e. The Hall–Kier alpha value is -1.10. The van der Waals surface area contributed by atoms with Crippen LogP contribution in [0.15, 0.2) is 15.2 Å². The second-order valence-corrected chi connectivity index (χ2v) is 3.80. The van der Waals surface area contributed by atoms with Crippen molar-refractivity contribution < 1.29 is 0 Å². The van der Waals surface area contributed by atoms with Gasteiger partial charge in [-0.1, -0.05) is 11.3 Å². The van der Waals surface area contributed by atoms with E-state index >= 15 is 0 Å². The van der Waals surface area contributed by atoms with Gasteiger partial charge in [0.15, 0.2) is 0 Å². The van der Waals surface area contributed by atoms with Crippen LogP contribution in [0.5, 0.6) is 0 Å². The highest BCUT2D eigenvalue weighted by Crippen LogP contribution is 2.02. The molecular weight excluding hydrogens is 186 g/mol. The molecule has 0 aliphatic carbocycles. The molecule has 0 bridgehead atoms. The fraction of sp³-hybridized carbons (Fsp3) is 0.500. The number of amidine groups is 1. The van der Waals surface area contributed by atoms with Crippen LogP contribution in [0.3, 0.4) is 0 Å². The molecule has 2 N–H and O–H groups in total. The highest BCUT2D eigenvalue weighted by molar-refractivity contribution is 7.07. The fourth-order valence-corrected chi connectivity index (χ4v) is 1.86. The fourth-order valence-electron chi connectivity index (χ4n) is 1.28. The minimum Gasteiger partial charge on any atom is -0.368 e. The van der Waals surface area contributed by atoms with Crippen molar-refractivity contribution in [2.24, 2.45) is 4.99 Å². The molecule has 0 saturated heterocycles. The standard InChI is InChI=1S/C8H11N3OS/c12-8-11-6(5-13-8)4-10-7-2-1-3-9-7/h5H,1-4H2,(H,9,10)(H,11,12). The summed E-state index contributed by atoms with van der Waals surface area (Å²) in [4.78, 5) is 17.8. The summed E-state index contributed by atoms with van der Waals surface area (Å²) in [5.74, 6) is 1.06. The maximum absolute atomic E-state index is 10.8. The Morgan fingerprint density at radius 2 is 2.62 bits per heavy atom. The Morgan fingerprint density at radius 1 is 1.69 bits per heavy atom. The van der Waals surface area contributed by atoms with Gasteiger partial charge in [-0.05, 0) is 6.42 Å². The average molecular weight is 197 g/mol. The van der Waals surface area contributed by atoms with Gasteiger partial charge in [-0.2, -0.15) is 0 Å². The number of aromatic amines is 1. The zero-order valence-electron chi connectivity index (χ0n) is 7.17. The smallest absolute Gasteiger partial charge is 0.304 e. The van der Waals surface area contributed by atoms with Crippen molar-refractivity contribution in [1.82, 2.24) is 10.3 Å². The molecule has 0 atom stereocenters. The molecular formula is C8H11N3OS. The van der Waals surface area contributed by atoms with E-state index in [1.807, 2.05) is 5.38 Å².